The standard InChI is InChI=1S/C19H24O8/c1-7-12(22)6-11-13(7)15-14(8(2)18(23)27-15)16(25-9(3)20)17(19(11,5)24)26-10(4)21/h11-12,14-17,22,24H,2,6H2,1,3-5H3/t11-,12-,14+,15-,16-,17-,19+/m1/s1. The maximum absolute atomic E-state index is 12.2. The molecule has 1 heterocycles. The van der Waals surface area contributed by atoms with Gasteiger partial charge in [0.2, 0.25) is 0 Å². The summed E-state index contributed by atoms with van der Waals surface area (Å²) in [6.07, 6.45) is -3.94. The predicted molar refractivity (Wildman–Crippen MR) is 91.1 cm³/mol. The molecule has 1 saturated carbocycles. The van der Waals surface area contributed by atoms with Crippen LogP contribution in [-0.4, -0.2) is 58.1 Å². The van der Waals surface area contributed by atoms with Crippen molar-refractivity contribution in [2.24, 2.45) is 11.8 Å². The number of aliphatic hydroxyl groups excluding tert-OH is 1. The van der Waals surface area contributed by atoms with Gasteiger partial charge in [-0.2, -0.15) is 0 Å². The number of hydrogen-bond donors (Lipinski definition) is 2. The molecule has 0 bridgehead atoms. The number of ether oxygens (including phenoxy) is 3. The Balaban J connectivity index is 2.23. The van der Waals surface area contributed by atoms with Crippen LogP contribution in [-0.2, 0) is 28.6 Å². The maximum atomic E-state index is 12.2. The first-order valence-electron chi connectivity index (χ1n) is 8.82. The molecule has 148 valence electrons. The summed E-state index contributed by atoms with van der Waals surface area (Å²) in [5.74, 6) is -3.46. The molecule has 27 heavy (non-hydrogen) atoms. The molecule has 1 aliphatic heterocycles. The Kier molecular flexibility index (Phi) is 4.68. The van der Waals surface area contributed by atoms with Crippen LogP contribution in [0.2, 0.25) is 0 Å². The molecule has 2 aliphatic carbocycles. The second-order valence-electron chi connectivity index (χ2n) is 7.65. The molecule has 3 aliphatic rings. The van der Waals surface area contributed by atoms with Crippen LogP contribution in [0.3, 0.4) is 0 Å². The van der Waals surface area contributed by atoms with Crippen molar-refractivity contribution < 1.29 is 38.8 Å². The van der Waals surface area contributed by atoms with Gasteiger partial charge in [0.05, 0.1) is 12.0 Å². The topological polar surface area (TPSA) is 119 Å². The third-order valence-electron chi connectivity index (χ3n) is 5.85. The van der Waals surface area contributed by atoms with Crippen LogP contribution >= 0.6 is 0 Å². The molecule has 0 aromatic heterocycles. The molecule has 0 aromatic rings. The average molecular weight is 380 g/mol. The molecule has 0 aromatic carbocycles. The van der Waals surface area contributed by atoms with E-state index in [2.05, 4.69) is 6.58 Å². The number of aliphatic hydroxyl groups is 2. The van der Waals surface area contributed by atoms with Crippen molar-refractivity contribution in [2.45, 2.75) is 64.1 Å². The van der Waals surface area contributed by atoms with Gasteiger partial charge in [-0.1, -0.05) is 6.58 Å². The number of fused-ring (bicyclic) bond motifs is 3. The number of esters is 3. The van der Waals surface area contributed by atoms with Gasteiger partial charge in [-0.15, -0.1) is 0 Å². The van der Waals surface area contributed by atoms with Crippen LogP contribution in [0.1, 0.15) is 34.1 Å². The zero-order valence-electron chi connectivity index (χ0n) is 15.7. The van der Waals surface area contributed by atoms with E-state index in [4.69, 9.17) is 14.2 Å². The second kappa shape index (κ2) is 6.45. The fourth-order valence-corrected chi connectivity index (χ4v) is 4.59. The highest BCUT2D eigenvalue weighted by Gasteiger charge is 2.63. The van der Waals surface area contributed by atoms with E-state index in [1.54, 1.807) is 6.92 Å². The molecule has 8 nitrogen and oxygen atoms in total. The number of carbonyl (C=O) groups excluding carboxylic acids is 3. The summed E-state index contributed by atoms with van der Waals surface area (Å²) in [7, 11) is 0. The van der Waals surface area contributed by atoms with Crippen molar-refractivity contribution in [3.63, 3.8) is 0 Å². The molecule has 0 amide bonds. The summed E-state index contributed by atoms with van der Waals surface area (Å²) in [5.41, 5.74) is -0.447. The highest BCUT2D eigenvalue weighted by atomic mass is 16.6. The first kappa shape index (κ1) is 19.6. The normalized spacial score (nSPS) is 40.8. The van der Waals surface area contributed by atoms with Crippen LogP contribution in [0.25, 0.3) is 0 Å². The zero-order valence-corrected chi connectivity index (χ0v) is 15.7. The highest BCUT2D eigenvalue weighted by molar-refractivity contribution is 5.91. The minimum absolute atomic E-state index is 0.0709. The third kappa shape index (κ3) is 2.96. The Morgan fingerprint density at radius 2 is 1.85 bits per heavy atom. The van der Waals surface area contributed by atoms with Crippen LogP contribution in [0.15, 0.2) is 23.3 Å². The van der Waals surface area contributed by atoms with Gasteiger partial charge in [-0.05, 0) is 31.4 Å². The van der Waals surface area contributed by atoms with Gasteiger partial charge in [-0.25, -0.2) is 4.79 Å². The maximum Gasteiger partial charge on any atom is 0.334 e. The number of hydrogen-bond acceptors (Lipinski definition) is 8. The Hall–Kier alpha value is -2.19. The lowest BCUT2D eigenvalue weighted by Crippen LogP contribution is -2.55. The van der Waals surface area contributed by atoms with Gasteiger partial charge in [0.1, 0.15) is 11.7 Å². The fraction of sp³-hybridized carbons (Fsp3) is 0.632. The summed E-state index contributed by atoms with van der Waals surface area (Å²) >= 11 is 0. The first-order valence-corrected chi connectivity index (χ1v) is 8.82. The van der Waals surface area contributed by atoms with Crippen LogP contribution < -0.4 is 0 Å². The van der Waals surface area contributed by atoms with Gasteiger partial charge >= 0.3 is 17.9 Å². The Morgan fingerprint density at radius 1 is 1.26 bits per heavy atom. The predicted octanol–water partition coefficient (Wildman–Crippen LogP) is 0.409. The number of carbonyl (C=O) groups is 3. The average Bonchev–Trinajstić information content (AvgIpc) is 2.98. The quantitative estimate of drug-likeness (QED) is 0.306. The molecule has 0 unspecified atom stereocenters. The molecule has 7 atom stereocenters. The zero-order chi connectivity index (χ0) is 20.3. The first-order chi connectivity index (χ1) is 12.5. The Bertz CT molecular complexity index is 749. The van der Waals surface area contributed by atoms with E-state index in [0.29, 0.717) is 11.1 Å². The largest absolute Gasteiger partial charge is 0.458 e. The highest BCUT2D eigenvalue weighted by Crippen LogP contribution is 2.53. The second-order valence-corrected chi connectivity index (χ2v) is 7.65. The van der Waals surface area contributed by atoms with Crippen molar-refractivity contribution in [2.75, 3.05) is 0 Å². The van der Waals surface area contributed by atoms with Gasteiger partial charge in [0.25, 0.3) is 0 Å². The van der Waals surface area contributed by atoms with Gasteiger partial charge < -0.3 is 24.4 Å². The summed E-state index contributed by atoms with van der Waals surface area (Å²) in [6.45, 7) is 9.31. The summed E-state index contributed by atoms with van der Waals surface area (Å²) in [6, 6.07) is 0. The summed E-state index contributed by atoms with van der Waals surface area (Å²) in [5, 5.41) is 21.7. The molecule has 3 rings (SSSR count). The molecular weight excluding hydrogens is 356 g/mol. The lowest BCUT2D eigenvalue weighted by atomic mass is 9.79. The molecule has 2 fully saturated rings. The van der Waals surface area contributed by atoms with Gasteiger partial charge in [-0.3, -0.25) is 9.59 Å². The molecule has 8 heteroatoms. The minimum Gasteiger partial charge on any atom is -0.458 e. The summed E-state index contributed by atoms with van der Waals surface area (Å²) < 4.78 is 16.3. The molecule has 1 saturated heterocycles. The SMILES string of the molecule is C=C1C(=O)O[C@@H]2C3=C(C)[C@H](O)C[C@H]3[C@](C)(O)[C@H](OC(C)=O)[C@H](OC(C)=O)[C@@H]12. The van der Waals surface area contributed by atoms with Crippen molar-refractivity contribution >= 4 is 17.9 Å². The Labute approximate surface area is 156 Å². The van der Waals surface area contributed by atoms with Gasteiger partial charge in [0, 0.05) is 25.3 Å². The van der Waals surface area contributed by atoms with E-state index in [0.717, 1.165) is 0 Å². The van der Waals surface area contributed by atoms with E-state index in [1.165, 1.54) is 20.8 Å². The van der Waals surface area contributed by atoms with Crippen LogP contribution in [0.5, 0.6) is 0 Å². The molecule has 0 spiro atoms. The molecular formula is C19H24O8. The van der Waals surface area contributed by atoms with Crippen molar-refractivity contribution in [3.8, 4) is 0 Å². The van der Waals surface area contributed by atoms with Crippen molar-refractivity contribution in [1.29, 1.82) is 0 Å². The van der Waals surface area contributed by atoms with E-state index in [1.807, 2.05) is 0 Å². The lowest BCUT2D eigenvalue weighted by Gasteiger charge is -2.39. The van der Waals surface area contributed by atoms with Crippen LogP contribution in [0.4, 0.5) is 0 Å². The van der Waals surface area contributed by atoms with Crippen molar-refractivity contribution in [1.82, 2.24) is 0 Å². The molecule has 0 radical (unpaired) electrons. The Morgan fingerprint density at radius 3 is 2.41 bits per heavy atom. The smallest absolute Gasteiger partial charge is 0.334 e. The third-order valence-corrected chi connectivity index (χ3v) is 5.85. The van der Waals surface area contributed by atoms with Gasteiger partial charge in [0.15, 0.2) is 12.2 Å². The molecule has 2 N–H and O–H groups in total. The van der Waals surface area contributed by atoms with Crippen LogP contribution in [0, 0.1) is 11.8 Å². The number of rotatable bonds is 2. The van der Waals surface area contributed by atoms with Crippen molar-refractivity contribution in [3.05, 3.63) is 23.3 Å². The lowest BCUT2D eigenvalue weighted by molar-refractivity contribution is -0.196. The van der Waals surface area contributed by atoms with E-state index < -0.39 is 59.8 Å². The monoisotopic (exact) mass is 380 g/mol. The van der Waals surface area contributed by atoms with E-state index in [-0.39, 0.29) is 12.0 Å². The minimum atomic E-state index is -1.67. The fourth-order valence-electron chi connectivity index (χ4n) is 4.59. The summed E-state index contributed by atoms with van der Waals surface area (Å²) in [4.78, 5) is 35.7. The van der Waals surface area contributed by atoms with E-state index >= 15 is 0 Å². The van der Waals surface area contributed by atoms with E-state index in [9.17, 15) is 24.6 Å².